The van der Waals surface area contributed by atoms with Gasteiger partial charge in [-0.15, -0.1) is 11.3 Å². The van der Waals surface area contributed by atoms with Crippen molar-refractivity contribution in [3.05, 3.63) is 11.2 Å². The number of nitrogens with zero attached hydrogens (tertiary/aromatic N) is 2. The fourth-order valence-corrected chi connectivity index (χ4v) is 5.41. The van der Waals surface area contributed by atoms with Crippen LogP contribution in [0.15, 0.2) is 9.72 Å². The summed E-state index contributed by atoms with van der Waals surface area (Å²) in [5.41, 5.74) is 1.24. The number of carbonyl (C=O) groups is 1. The number of esters is 1. The molecule has 2 unspecified atom stereocenters. The molecule has 2 atom stereocenters. The fourth-order valence-electron chi connectivity index (χ4n) is 2.39. The first-order chi connectivity index (χ1) is 9.39. The molecule has 1 aromatic rings. The molecular weight excluding hydrogens is 300 g/mol. The molecule has 2 rings (SSSR count). The summed E-state index contributed by atoms with van der Waals surface area (Å²) in [4.78, 5) is 15.4. The molecule has 0 bridgehead atoms. The molecule has 0 saturated carbocycles. The molecule has 0 aliphatic carbocycles. The van der Waals surface area contributed by atoms with Crippen molar-refractivity contribution in [2.45, 2.75) is 36.9 Å². The van der Waals surface area contributed by atoms with Gasteiger partial charge in [-0.25, -0.2) is 18.2 Å². The molecule has 8 heteroatoms. The highest BCUT2D eigenvalue weighted by Crippen LogP contribution is 2.31. The molecule has 0 radical (unpaired) electrons. The lowest BCUT2D eigenvalue weighted by Crippen LogP contribution is -2.46. The number of aromatic nitrogens is 1. The zero-order chi connectivity index (χ0) is 14.9. The second-order valence-corrected chi connectivity index (χ2v) is 7.90. The highest BCUT2D eigenvalue weighted by molar-refractivity contribution is 7.91. The van der Waals surface area contributed by atoms with Crippen molar-refractivity contribution in [1.82, 2.24) is 9.29 Å². The van der Waals surface area contributed by atoms with Crippen molar-refractivity contribution < 1.29 is 17.9 Å². The topological polar surface area (TPSA) is 76.6 Å². The lowest BCUT2D eigenvalue weighted by Gasteiger charge is -2.36. The van der Waals surface area contributed by atoms with E-state index in [1.165, 1.54) is 16.9 Å². The van der Waals surface area contributed by atoms with Gasteiger partial charge in [0.05, 0.1) is 12.6 Å². The lowest BCUT2D eigenvalue weighted by atomic mass is 9.94. The van der Waals surface area contributed by atoms with Crippen molar-refractivity contribution in [3.63, 3.8) is 0 Å². The number of ether oxygens (including phenoxy) is 1. The summed E-state index contributed by atoms with van der Waals surface area (Å²) in [7, 11) is -2.49. The molecule has 1 aromatic heterocycles. The Morgan fingerprint density at radius 2 is 2.20 bits per heavy atom. The van der Waals surface area contributed by atoms with Crippen LogP contribution in [0, 0.1) is 5.92 Å². The number of hydrogen-bond donors (Lipinski definition) is 0. The van der Waals surface area contributed by atoms with Crippen LogP contribution in [0.1, 0.15) is 37.2 Å². The Bertz CT molecular complexity index is 596. The molecule has 6 nitrogen and oxygen atoms in total. The van der Waals surface area contributed by atoms with E-state index in [4.69, 9.17) is 0 Å². The molecule has 20 heavy (non-hydrogen) atoms. The Kier molecular flexibility index (Phi) is 4.46. The Morgan fingerprint density at radius 1 is 1.50 bits per heavy atom. The third-order valence-corrected chi connectivity index (χ3v) is 7.11. The van der Waals surface area contributed by atoms with Gasteiger partial charge in [-0.05, 0) is 25.7 Å². The van der Waals surface area contributed by atoms with Crippen molar-refractivity contribution in [2.75, 3.05) is 13.7 Å². The van der Waals surface area contributed by atoms with E-state index in [0.717, 1.165) is 24.2 Å². The SMILES string of the molecule is COC(=O)c1ncsc1S(=O)(=O)N1CCCC(C)C1C. The van der Waals surface area contributed by atoms with E-state index < -0.39 is 16.0 Å². The zero-order valence-electron chi connectivity index (χ0n) is 11.7. The summed E-state index contributed by atoms with van der Waals surface area (Å²) < 4.78 is 31.5. The van der Waals surface area contributed by atoms with E-state index in [0.29, 0.717) is 12.5 Å². The third kappa shape index (κ3) is 2.59. The molecule has 0 amide bonds. The van der Waals surface area contributed by atoms with Crippen LogP contribution in [0.2, 0.25) is 0 Å². The largest absolute Gasteiger partial charge is 0.464 e. The van der Waals surface area contributed by atoms with Crippen LogP contribution in [-0.4, -0.2) is 43.4 Å². The van der Waals surface area contributed by atoms with Gasteiger partial charge >= 0.3 is 5.97 Å². The first kappa shape index (κ1) is 15.4. The fraction of sp³-hybridized carbons (Fsp3) is 0.667. The van der Waals surface area contributed by atoms with E-state index in [-0.39, 0.29) is 15.9 Å². The van der Waals surface area contributed by atoms with Crippen LogP contribution in [0.5, 0.6) is 0 Å². The molecule has 0 aromatic carbocycles. The smallest absolute Gasteiger partial charge is 0.358 e. The van der Waals surface area contributed by atoms with Gasteiger partial charge in [-0.2, -0.15) is 4.31 Å². The number of carbonyl (C=O) groups excluding carboxylic acids is 1. The molecule has 0 spiro atoms. The number of sulfonamides is 1. The quantitative estimate of drug-likeness (QED) is 0.793. The number of rotatable bonds is 3. The van der Waals surface area contributed by atoms with Gasteiger partial charge in [0.1, 0.15) is 0 Å². The molecule has 1 aliphatic heterocycles. The minimum atomic E-state index is -3.70. The Balaban J connectivity index is 2.40. The van der Waals surface area contributed by atoms with Gasteiger partial charge < -0.3 is 4.74 Å². The number of piperidine rings is 1. The van der Waals surface area contributed by atoms with Crippen molar-refractivity contribution in [3.8, 4) is 0 Å². The van der Waals surface area contributed by atoms with Crippen molar-refractivity contribution in [2.24, 2.45) is 5.92 Å². The summed E-state index contributed by atoms with van der Waals surface area (Å²) in [5.74, 6) is -0.421. The van der Waals surface area contributed by atoms with Gasteiger partial charge in [-0.3, -0.25) is 0 Å². The monoisotopic (exact) mass is 318 g/mol. The predicted octanol–water partition coefficient (Wildman–Crippen LogP) is 1.74. The molecule has 0 N–H and O–H groups in total. The number of thiazole rings is 1. The maximum Gasteiger partial charge on any atom is 0.358 e. The Labute approximate surface area is 122 Å². The van der Waals surface area contributed by atoms with E-state index in [9.17, 15) is 13.2 Å². The molecule has 1 saturated heterocycles. The van der Waals surface area contributed by atoms with Crippen molar-refractivity contribution >= 4 is 27.3 Å². The van der Waals surface area contributed by atoms with Crippen LogP contribution in [-0.2, 0) is 14.8 Å². The van der Waals surface area contributed by atoms with E-state index >= 15 is 0 Å². The van der Waals surface area contributed by atoms with Crippen LogP contribution in [0.25, 0.3) is 0 Å². The number of methoxy groups -OCH3 is 1. The average molecular weight is 318 g/mol. The maximum absolute atomic E-state index is 12.7. The number of hydrogen-bond acceptors (Lipinski definition) is 6. The standard InChI is InChI=1S/C12H18N2O4S2/c1-8-5-4-6-14(9(8)2)20(16,17)12-10(11(15)18-3)13-7-19-12/h7-9H,4-6H2,1-3H3. The zero-order valence-corrected chi connectivity index (χ0v) is 13.3. The van der Waals surface area contributed by atoms with Gasteiger partial charge in [0.25, 0.3) is 10.0 Å². The highest BCUT2D eigenvalue weighted by Gasteiger charge is 2.38. The van der Waals surface area contributed by atoms with Gasteiger partial charge in [0, 0.05) is 12.6 Å². The summed E-state index contributed by atoms with van der Waals surface area (Å²) in [6, 6.07) is -0.0821. The minimum absolute atomic E-state index is 0.0229. The molecule has 2 heterocycles. The van der Waals surface area contributed by atoms with Crippen LogP contribution in [0.3, 0.4) is 0 Å². The molecular formula is C12H18N2O4S2. The van der Waals surface area contributed by atoms with E-state index in [2.05, 4.69) is 9.72 Å². The normalized spacial score (nSPS) is 24.6. The van der Waals surface area contributed by atoms with Crippen LogP contribution in [0.4, 0.5) is 0 Å². The van der Waals surface area contributed by atoms with E-state index in [1.54, 1.807) is 0 Å². The Hall–Kier alpha value is -0.990. The summed E-state index contributed by atoms with van der Waals surface area (Å²) in [6.07, 6.45) is 1.84. The molecule has 1 aliphatic rings. The maximum atomic E-state index is 12.7. The first-order valence-electron chi connectivity index (χ1n) is 6.43. The predicted molar refractivity (Wildman–Crippen MR) is 75.2 cm³/mol. The van der Waals surface area contributed by atoms with Gasteiger partial charge in [0.2, 0.25) is 0 Å². The van der Waals surface area contributed by atoms with Crippen LogP contribution >= 0.6 is 11.3 Å². The second kappa shape index (κ2) is 5.79. The summed E-state index contributed by atoms with van der Waals surface area (Å²) in [6.45, 7) is 4.42. The van der Waals surface area contributed by atoms with Gasteiger partial charge in [0.15, 0.2) is 9.90 Å². The average Bonchev–Trinajstić information content (AvgIpc) is 2.90. The second-order valence-electron chi connectivity index (χ2n) is 4.96. The van der Waals surface area contributed by atoms with Gasteiger partial charge in [-0.1, -0.05) is 6.92 Å². The molecule has 112 valence electrons. The van der Waals surface area contributed by atoms with E-state index in [1.807, 2.05) is 13.8 Å². The lowest BCUT2D eigenvalue weighted by molar-refractivity contribution is 0.0590. The Morgan fingerprint density at radius 3 is 2.85 bits per heavy atom. The first-order valence-corrected chi connectivity index (χ1v) is 8.75. The van der Waals surface area contributed by atoms with Crippen LogP contribution < -0.4 is 0 Å². The molecule has 1 fully saturated rings. The summed E-state index contributed by atoms with van der Waals surface area (Å²) in [5, 5.41) is 0. The van der Waals surface area contributed by atoms with Crippen molar-refractivity contribution in [1.29, 1.82) is 0 Å². The summed E-state index contributed by atoms with van der Waals surface area (Å²) >= 11 is 0.956. The third-order valence-electron chi connectivity index (χ3n) is 3.77. The minimum Gasteiger partial charge on any atom is -0.464 e. The highest BCUT2D eigenvalue weighted by atomic mass is 32.2.